The normalized spacial score (nSPS) is 12.0. The van der Waals surface area contributed by atoms with E-state index in [-0.39, 0.29) is 30.3 Å². The summed E-state index contributed by atoms with van der Waals surface area (Å²) < 4.78 is 1.78. The van der Waals surface area contributed by atoms with E-state index in [4.69, 9.17) is 0 Å². The molecule has 2 amide bonds. The number of aliphatic hydroxyl groups excluding tert-OH is 1. The molecule has 0 aliphatic carbocycles. The Hall–Kier alpha value is -2.76. The average molecular weight is 328 g/mol. The highest BCUT2D eigenvalue weighted by Crippen LogP contribution is 2.21. The van der Waals surface area contributed by atoms with Crippen LogP contribution in [0.2, 0.25) is 0 Å². The van der Waals surface area contributed by atoms with E-state index in [0.29, 0.717) is 5.82 Å². The number of carbonyl (C=O) groups excluding carboxylic acids is 1. The first kappa shape index (κ1) is 17.6. The zero-order chi connectivity index (χ0) is 17.7. The lowest BCUT2D eigenvalue weighted by Gasteiger charge is -2.23. The summed E-state index contributed by atoms with van der Waals surface area (Å²) in [5.41, 5.74) is 1.86. The third kappa shape index (κ3) is 4.62. The van der Waals surface area contributed by atoms with Crippen LogP contribution in [0, 0.1) is 12.8 Å². The van der Waals surface area contributed by atoms with Gasteiger partial charge in [0.1, 0.15) is 11.6 Å². The van der Waals surface area contributed by atoms with Crippen molar-refractivity contribution < 1.29 is 9.90 Å². The van der Waals surface area contributed by atoms with Gasteiger partial charge in [-0.2, -0.15) is 0 Å². The van der Waals surface area contributed by atoms with Crippen LogP contribution >= 0.6 is 0 Å². The molecule has 0 radical (unpaired) electrons. The van der Waals surface area contributed by atoms with Crippen LogP contribution in [-0.4, -0.2) is 20.7 Å². The maximum atomic E-state index is 12.3. The molecule has 24 heavy (non-hydrogen) atoms. The number of anilines is 1. The number of hydrogen-bond donors (Lipinski definition) is 3. The number of amides is 2. The third-order valence-corrected chi connectivity index (χ3v) is 3.64. The van der Waals surface area contributed by atoms with E-state index in [1.54, 1.807) is 17.0 Å². The maximum Gasteiger partial charge on any atom is 0.319 e. The second-order valence-electron chi connectivity index (χ2n) is 6.17. The monoisotopic (exact) mass is 328 g/mol. The first-order valence-electron chi connectivity index (χ1n) is 7.88. The molecule has 1 aromatic heterocycles. The minimum absolute atomic E-state index is 0.0425. The van der Waals surface area contributed by atoms with Crippen LogP contribution < -0.4 is 10.6 Å². The Kier molecular flexibility index (Phi) is 5.63. The van der Waals surface area contributed by atoms with E-state index in [1.807, 2.05) is 45.0 Å². The highest BCUT2D eigenvalue weighted by atomic mass is 16.3. The number of benzene rings is 1. The Labute approximate surface area is 142 Å². The van der Waals surface area contributed by atoms with Gasteiger partial charge in [0, 0.05) is 18.1 Å². The number of carbonyl (C=O) groups is 1. The molecular weight excluding hydrogens is 304 g/mol. The molecule has 0 saturated heterocycles. The molecule has 2 rings (SSSR count). The highest BCUT2D eigenvalue weighted by molar-refractivity contribution is 5.89. The Morgan fingerprint density at radius 3 is 2.58 bits per heavy atom. The van der Waals surface area contributed by atoms with Crippen molar-refractivity contribution in [2.75, 3.05) is 5.32 Å². The predicted octanol–water partition coefficient (Wildman–Crippen LogP) is 3.78. The first-order chi connectivity index (χ1) is 11.4. The van der Waals surface area contributed by atoms with Crippen LogP contribution in [0.5, 0.6) is 0 Å². The summed E-state index contributed by atoms with van der Waals surface area (Å²) >= 11 is 0. The molecule has 0 saturated carbocycles. The van der Waals surface area contributed by atoms with Crippen molar-refractivity contribution in [1.29, 1.82) is 0 Å². The molecule has 2 aromatic rings. The summed E-state index contributed by atoms with van der Waals surface area (Å²) in [5.74, 6) is 0.849. The summed E-state index contributed by atoms with van der Waals surface area (Å²) in [4.78, 5) is 16.6. The molecule has 3 N–H and O–H groups in total. The number of allylic oxidation sites excluding steroid dienone is 1. The zero-order valence-electron chi connectivity index (χ0n) is 14.3. The average Bonchev–Trinajstić information content (AvgIpc) is 2.94. The van der Waals surface area contributed by atoms with Crippen molar-refractivity contribution in [3.63, 3.8) is 0 Å². The standard InChI is InChI=1S/C18H24N4O2/c1-12(2)16(17-19-9-10-22(17)11-14(4)23)21-18(24)20-15-7-5-13(3)6-8-15/h5-10,12,16,23H,4,11H2,1-3H3,(H2,20,21,24)/t16-/m0/s1. The molecule has 0 fully saturated rings. The van der Waals surface area contributed by atoms with Crippen LogP contribution in [0.4, 0.5) is 10.5 Å². The minimum atomic E-state index is -0.296. The van der Waals surface area contributed by atoms with Gasteiger partial charge in [-0.3, -0.25) is 0 Å². The van der Waals surface area contributed by atoms with Gasteiger partial charge in [-0.05, 0) is 25.0 Å². The van der Waals surface area contributed by atoms with Gasteiger partial charge in [0.05, 0.1) is 12.6 Å². The fourth-order valence-electron chi connectivity index (χ4n) is 2.40. The quantitative estimate of drug-likeness (QED) is 0.706. The lowest BCUT2D eigenvalue weighted by molar-refractivity contribution is 0.243. The van der Waals surface area contributed by atoms with Crippen LogP contribution in [0.1, 0.15) is 31.3 Å². The zero-order valence-corrected chi connectivity index (χ0v) is 14.3. The van der Waals surface area contributed by atoms with E-state index in [1.165, 1.54) is 0 Å². The van der Waals surface area contributed by atoms with E-state index in [0.717, 1.165) is 11.3 Å². The third-order valence-electron chi connectivity index (χ3n) is 3.64. The van der Waals surface area contributed by atoms with E-state index in [2.05, 4.69) is 22.2 Å². The number of rotatable bonds is 6. The Balaban J connectivity index is 2.11. The molecule has 1 atom stereocenters. The van der Waals surface area contributed by atoms with Crippen LogP contribution in [0.25, 0.3) is 0 Å². The smallest absolute Gasteiger partial charge is 0.319 e. The summed E-state index contributed by atoms with van der Waals surface area (Å²) in [6.45, 7) is 9.76. The largest absolute Gasteiger partial charge is 0.511 e. The van der Waals surface area contributed by atoms with Gasteiger partial charge in [-0.25, -0.2) is 9.78 Å². The molecule has 0 bridgehead atoms. The summed E-state index contributed by atoms with van der Waals surface area (Å²) in [5, 5.41) is 15.2. The molecule has 0 aliphatic heterocycles. The number of imidazole rings is 1. The van der Waals surface area contributed by atoms with Crippen LogP contribution in [0.3, 0.4) is 0 Å². The van der Waals surface area contributed by atoms with Gasteiger partial charge < -0.3 is 20.3 Å². The van der Waals surface area contributed by atoms with Crippen molar-refractivity contribution in [1.82, 2.24) is 14.9 Å². The molecule has 6 nitrogen and oxygen atoms in total. The summed E-state index contributed by atoms with van der Waals surface area (Å²) in [7, 11) is 0. The molecule has 0 aliphatic rings. The summed E-state index contributed by atoms with van der Waals surface area (Å²) in [6, 6.07) is 7.01. The van der Waals surface area contributed by atoms with Gasteiger partial charge in [-0.1, -0.05) is 38.1 Å². The first-order valence-corrected chi connectivity index (χ1v) is 7.88. The highest BCUT2D eigenvalue weighted by Gasteiger charge is 2.23. The van der Waals surface area contributed by atoms with Gasteiger partial charge in [0.25, 0.3) is 0 Å². The second-order valence-corrected chi connectivity index (χ2v) is 6.17. The van der Waals surface area contributed by atoms with Crippen LogP contribution in [0.15, 0.2) is 49.0 Å². The second kappa shape index (κ2) is 7.68. The number of aliphatic hydroxyl groups is 1. The lowest BCUT2D eigenvalue weighted by atomic mass is 10.0. The van der Waals surface area contributed by atoms with E-state index in [9.17, 15) is 9.90 Å². The number of aromatic nitrogens is 2. The molecule has 128 valence electrons. The van der Waals surface area contributed by atoms with Crippen molar-refractivity contribution in [2.24, 2.45) is 5.92 Å². The van der Waals surface area contributed by atoms with Crippen molar-refractivity contribution in [3.8, 4) is 0 Å². The van der Waals surface area contributed by atoms with Gasteiger partial charge >= 0.3 is 6.03 Å². The molecule has 0 spiro atoms. The molecule has 1 heterocycles. The maximum absolute atomic E-state index is 12.3. The van der Waals surface area contributed by atoms with Crippen LogP contribution in [-0.2, 0) is 6.54 Å². The Morgan fingerprint density at radius 1 is 1.33 bits per heavy atom. The topological polar surface area (TPSA) is 79.2 Å². The number of nitrogens with one attached hydrogen (secondary N) is 2. The molecular formula is C18H24N4O2. The summed E-state index contributed by atoms with van der Waals surface area (Å²) in [6.07, 6.45) is 3.40. The fourth-order valence-corrected chi connectivity index (χ4v) is 2.40. The molecule has 0 unspecified atom stereocenters. The number of aryl methyl sites for hydroxylation is 1. The number of hydrogen-bond acceptors (Lipinski definition) is 3. The van der Waals surface area contributed by atoms with Crippen molar-refractivity contribution >= 4 is 11.7 Å². The van der Waals surface area contributed by atoms with Gasteiger partial charge in [0.2, 0.25) is 0 Å². The number of nitrogens with zero attached hydrogens (tertiary/aromatic N) is 2. The Bertz CT molecular complexity index is 704. The predicted molar refractivity (Wildman–Crippen MR) is 94.9 cm³/mol. The van der Waals surface area contributed by atoms with Gasteiger partial charge in [-0.15, -0.1) is 0 Å². The molecule has 6 heteroatoms. The van der Waals surface area contributed by atoms with Crippen molar-refractivity contribution in [2.45, 2.75) is 33.4 Å². The fraction of sp³-hybridized carbons (Fsp3) is 0.333. The van der Waals surface area contributed by atoms with E-state index < -0.39 is 0 Å². The van der Waals surface area contributed by atoms with E-state index >= 15 is 0 Å². The lowest BCUT2D eigenvalue weighted by Crippen LogP contribution is -2.36. The Morgan fingerprint density at radius 2 is 2.00 bits per heavy atom. The number of urea groups is 1. The van der Waals surface area contributed by atoms with Crippen molar-refractivity contribution in [3.05, 3.63) is 60.4 Å². The minimum Gasteiger partial charge on any atom is -0.511 e. The molecule has 1 aromatic carbocycles. The van der Waals surface area contributed by atoms with Gasteiger partial charge in [0.15, 0.2) is 0 Å². The SMILES string of the molecule is C=C(O)Cn1ccnc1[C@@H](NC(=O)Nc1ccc(C)cc1)C(C)C.